The highest BCUT2D eigenvalue weighted by molar-refractivity contribution is 4.77. The molecule has 3 atom stereocenters. The maximum absolute atomic E-state index is 10.1. The number of hydrogen-bond donors (Lipinski definition) is 1. The average molecular weight is 231 g/mol. The standard InChI is InChI=1S/C12H25NO3/c1-4-13(10(2)8-15-3)7-12(14)11-5-6-16-9-11/h10-12,14H,4-9H2,1-3H3. The summed E-state index contributed by atoms with van der Waals surface area (Å²) in [6, 6.07) is 0.354. The molecule has 1 heterocycles. The van der Waals surface area contributed by atoms with E-state index < -0.39 is 0 Å². The molecule has 1 aliphatic heterocycles. The Kier molecular flexibility index (Phi) is 6.28. The Morgan fingerprint density at radius 2 is 2.31 bits per heavy atom. The van der Waals surface area contributed by atoms with E-state index >= 15 is 0 Å². The predicted octanol–water partition coefficient (Wildman–Crippen LogP) is 0.741. The van der Waals surface area contributed by atoms with Crippen molar-refractivity contribution in [1.29, 1.82) is 0 Å². The van der Waals surface area contributed by atoms with Gasteiger partial charge in [-0.05, 0) is 19.9 Å². The second-order valence-corrected chi connectivity index (χ2v) is 4.58. The second kappa shape index (κ2) is 7.22. The largest absolute Gasteiger partial charge is 0.391 e. The number of nitrogens with zero attached hydrogens (tertiary/aromatic N) is 1. The molecule has 1 saturated heterocycles. The summed E-state index contributed by atoms with van der Waals surface area (Å²) < 4.78 is 10.4. The van der Waals surface area contributed by atoms with E-state index in [1.54, 1.807) is 7.11 Å². The Balaban J connectivity index is 2.35. The minimum atomic E-state index is -0.276. The van der Waals surface area contributed by atoms with E-state index in [1.807, 2.05) is 0 Å². The molecule has 16 heavy (non-hydrogen) atoms. The summed E-state index contributed by atoms with van der Waals surface area (Å²) in [7, 11) is 1.71. The van der Waals surface area contributed by atoms with Crippen LogP contribution < -0.4 is 0 Å². The molecule has 4 heteroatoms. The van der Waals surface area contributed by atoms with Crippen molar-refractivity contribution in [2.75, 3.05) is 40.0 Å². The van der Waals surface area contributed by atoms with E-state index in [4.69, 9.17) is 9.47 Å². The van der Waals surface area contributed by atoms with Gasteiger partial charge in [0.2, 0.25) is 0 Å². The fourth-order valence-corrected chi connectivity index (χ4v) is 2.21. The summed E-state index contributed by atoms with van der Waals surface area (Å²) in [6.07, 6.45) is 0.707. The molecular weight excluding hydrogens is 206 g/mol. The summed E-state index contributed by atoms with van der Waals surface area (Å²) >= 11 is 0. The molecule has 0 bridgehead atoms. The molecule has 0 aromatic heterocycles. The van der Waals surface area contributed by atoms with E-state index in [1.165, 1.54) is 0 Å². The van der Waals surface area contributed by atoms with Gasteiger partial charge in [0.1, 0.15) is 0 Å². The summed E-state index contributed by atoms with van der Waals surface area (Å²) in [5, 5.41) is 10.1. The second-order valence-electron chi connectivity index (χ2n) is 4.58. The zero-order valence-electron chi connectivity index (χ0n) is 10.7. The molecule has 1 N–H and O–H groups in total. The van der Waals surface area contributed by atoms with Gasteiger partial charge in [0, 0.05) is 32.2 Å². The molecule has 0 saturated carbocycles. The van der Waals surface area contributed by atoms with Crippen LogP contribution >= 0.6 is 0 Å². The van der Waals surface area contributed by atoms with Gasteiger partial charge in [-0.2, -0.15) is 0 Å². The van der Waals surface area contributed by atoms with Gasteiger partial charge >= 0.3 is 0 Å². The lowest BCUT2D eigenvalue weighted by Crippen LogP contribution is -2.43. The van der Waals surface area contributed by atoms with Crippen LogP contribution in [0, 0.1) is 5.92 Å². The van der Waals surface area contributed by atoms with Crippen molar-refractivity contribution in [3.8, 4) is 0 Å². The first-order valence-corrected chi connectivity index (χ1v) is 6.17. The molecule has 0 amide bonds. The average Bonchev–Trinajstić information content (AvgIpc) is 2.79. The lowest BCUT2D eigenvalue weighted by molar-refractivity contribution is 0.0282. The normalized spacial score (nSPS) is 24.9. The van der Waals surface area contributed by atoms with Crippen LogP contribution in [0.25, 0.3) is 0 Å². The third kappa shape index (κ3) is 4.01. The highest BCUT2D eigenvalue weighted by Crippen LogP contribution is 2.18. The molecule has 0 aliphatic carbocycles. The van der Waals surface area contributed by atoms with Gasteiger partial charge < -0.3 is 14.6 Å². The number of likely N-dealkylation sites (N-methyl/N-ethyl adjacent to an activating group) is 1. The molecule has 0 radical (unpaired) electrons. The molecule has 1 fully saturated rings. The zero-order chi connectivity index (χ0) is 12.0. The van der Waals surface area contributed by atoms with Crippen LogP contribution in [0.5, 0.6) is 0 Å². The Morgan fingerprint density at radius 3 is 2.81 bits per heavy atom. The molecule has 4 nitrogen and oxygen atoms in total. The lowest BCUT2D eigenvalue weighted by atomic mass is 10.0. The van der Waals surface area contributed by atoms with Gasteiger partial charge in [-0.3, -0.25) is 4.90 Å². The van der Waals surface area contributed by atoms with Gasteiger partial charge in [-0.25, -0.2) is 0 Å². The topological polar surface area (TPSA) is 41.9 Å². The minimum absolute atomic E-state index is 0.276. The van der Waals surface area contributed by atoms with E-state index in [2.05, 4.69) is 18.7 Å². The van der Waals surface area contributed by atoms with Crippen molar-refractivity contribution in [1.82, 2.24) is 4.90 Å². The van der Waals surface area contributed by atoms with Crippen molar-refractivity contribution in [3.63, 3.8) is 0 Å². The molecule has 3 unspecified atom stereocenters. The van der Waals surface area contributed by atoms with Gasteiger partial charge in [0.05, 0.1) is 19.3 Å². The van der Waals surface area contributed by atoms with E-state index in [0.29, 0.717) is 25.2 Å². The van der Waals surface area contributed by atoms with Crippen LogP contribution in [0.3, 0.4) is 0 Å². The number of rotatable bonds is 7. The van der Waals surface area contributed by atoms with Gasteiger partial charge in [0.15, 0.2) is 0 Å². The maximum atomic E-state index is 10.1. The molecule has 96 valence electrons. The summed E-state index contributed by atoms with van der Waals surface area (Å²) in [4.78, 5) is 2.26. The molecule has 1 rings (SSSR count). The first-order valence-electron chi connectivity index (χ1n) is 6.17. The van der Waals surface area contributed by atoms with Gasteiger partial charge in [-0.15, -0.1) is 0 Å². The smallest absolute Gasteiger partial charge is 0.0718 e. The Hall–Kier alpha value is -0.160. The minimum Gasteiger partial charge on any atom is -0.391 e. The Morgan fingerprint density at radius 1 is 1.56 bits per heavy atom. The molecule has 0 aromatic carbocycles. The van der Waals surface area contributed by atoms with Crippen LogP contribution in [0.1, 0.15) is 20.3 Å². The van der Waals surface area contributed by atoms with E-state index in [-0.39, 0.29) is 6.10 Å². The van der Waals surface area contributed by atoms with Crippen LogP contribution in [0.2, 0.25) is 0 Å². The van der Waals surface area contributed by atoms with Crippen molar-refractivity contribution in [2.45, 2.75) is 32.4 Å². The van der Waals surface area contributed by atoms with Crippen LogP contribution in [-0.4, -0.2) is 62.2 Å². The quantitative estimate of drug-likeness (QED) is 0.702. The summed E-state index contributed by atoms with van der Waals surface area (Å²) in [6.45, 7) is 8.11. The first kappa shape index (κ1) is 13.9. The SMILES string of the molecule is CCN(CC(O)C1CCOC1)C(C)COC. The third-order valence-corrected chi connectivity index (χ3v) is 3.37. The fraction of sp³-hybridized carbons (Fsp3) is 1.00. The van der Waals surface area contributed by atoms with Crippen molar-refractivity contribution in [2.24, 2.45) is 5.92 Å². The zero-order valence-corrected chi connectivity index (χ0v) is 10.7. The van der Waals surface area contributed by atoms with Gasteiger partial charge in [0.25, 0.3) is 0 Å². The first-order chi connectivity index (χ1) is 7.69. The monoisotopic (exact) mass is 231 g/mol. The molecule has 0 spiro atoms. The number of ether oxygens (including phenoxy) is 2. The van der Waals surface area contributed by atoms with Crippen LogP contribution in [-0.2, 0) is 9.47 Å². The maximum Gasteiger partial charge on any atom is 0.0718 e. The van der Waals surface area contributed by atoms with E-state index in [9.17, 15) is 5.11 Å². The van der Waals surface area contributed by atoms with Crippen LogP contribution in [0.4, 0.5) is 0 Å². The highest BCUT2D eigenvalue weighted by Gasteiger charge is 2.26. The van der Waals surface area contributed by atoms with Crippen molar-refractivity contribution >= 4 is 0 Å². The number of aliphatic hydroxyl groups excluding tert-OH is 1. The lowest BCUT2D eigenvalue weighted by Gasteiger charge is -2.30. The fourth-order valence-electron chi connectivity index (χ4n) is 2.21. The molecule has 1 aliphatic rings. The Bertz CT molecular complexity index is 183. The number of methoxy groups -OCH3 is 1. The number of hydrogen-bond acceptors (Lipinski definition) is 4. The summed E-state index contributed by atoms with van der Waals surface area (Å²) in [5.41, 5.74) is 0. The molecular formula is C12H25NO3. The third-order valence-electron chi connectivity index (χ3n) is 3.37. The summed E-state index contributed by atoms with van der Waals surface area (Å²) in [5.74, 6) is 0.309. The Labute approximate surface area is 98.5 Å². The van der Waals surface area contributed by atoms with Gasteiger partial charge in [-0.1, -0.05) is 6.92 Å². The van der Waals surface area contributed by atoms with Crippen molar-refractivity contribution in [3.05, 3.63) is 0 Å². The van der Waals surface area contributed by atoms with Crippen molar-refractivity contribution < 1.29 is 14.6 Å². The van der Waals surface area contributed by atoms with E-state index in [0.717, 1.165) is 26.1 Å². The number of aliphatic hydroxyl groups is 1. The van der Waals surface area contributed by atoms with Crippen LogP contribution in [0.15, 0.2) is 0 Å². The highest BCUT2D eigenvalue weighted by atomic mass is 16.5. The predicted molar refractivity (Wildman–Crippen MR) is 63.5 cm³/mol. The molecule has 0 aromatic rings.